The molecule has 1 rings (SSSR count). The Morgan fingerprint density at radius 3 is 2.33 bits per heavy atom. The van der Waals surface area contributed by atoms with Crippen LogP contribution in [-0.2, 0) is 4.79 Å². The number of carbonyl (C=O) groups is 1. The van der Waals surface area contributed by atoms with E-state index < -0.39 is 0 Å². The van der Waals surface area contributed by atoms with E-state index in [0.717, 1.165) is 0 Å². The van der Waals surface area contributed by atoms with E-state index in [2.05, 4.69) is 0 Å². The third-order valence-electron chi connectivity index (χ3n) is 3.10. The van der Waals surface area contributed by atoms with Crippen LogP contribution in [0.15, 0.2) is 0 Å². The summed E-state index contributed by atoms with van der Waals surface area (Å²) in [5.41, 5.74) is -0.502. The number of nitrogens with zero attached hydrogens (tertiary/aromatic N) is 1. The summed E-state index contributed by atoms with van der Waals surface area (Å²) in [7, 11) is 0. The van der Waals surface area contributed by atoms with Crippen molar-refractivity contribution < 1.29 is 9.90 Å². The zero-order chi connectivity index (χ0) is 11.9. The van der Waals surface area contributed by atoms with E-state index in [1.165, 1.54) is 0 Å². The Labute approximate surface area is 92.5 Å². The molecule has 1 N–H and O–H groups in total. The van der Waals surface area contributed by atoms with E-state index in [0.29, 0.717) is 19.5 Å². The van der Waals surface area contributed by atoms with Crippen molar-refractivity contribution in [1.82, 2.24) is 4.90 Å². The minimum Gasteiger partial charge on any atom is -0.392 e. The predicted molar refractivity (Wildman–Crippen MR) is 60.4 cm³/mol. The molecule has 0 radical (unpaired) electrons. The normalized spacial score (nSPS) is 26.5. The van der Waals surface area contributed by atoms with E-state index in [1.807, 2.05) is 39.5 Å². The minimum atomic E-state index is -0.321. The van der Waals surface area contributed by atoms with Crippen LogP contribution in [0.2, 0.25) is 0 Å². The molecule has 15 heavy (non-hydrogen) atoms. The van der Waals surface area contributed by atoms with Gasteiger partial charge in [-0.25, -0.2) is 0 Å². The molecule has 0 spiro atoms. The van der Waals surface area contributed by atoms with Gasteiger partial charge in [0.25, 0.3) is 0 Å². The highest BCUT2D eigenvalue weighted by Crippen LogP contribution is 2.31. The molecule has 1 amide bonds. The summed E-state index contributed by atoms with van der Waals surface area (Å²) in [5.74, 6) is 0.183. The van der Waals surface area contributed by atoms with Gasteiger partial charge >= 0.3 is 0 Å². The Balaban J connectivity index is 2.72. The number of aliphatic hydroxyl groups is 1. The lowest BCUT2D eigenvalue weighted by Crippen LogP contribution is -2.53. The van der Waals surface area contributed by atoms with Crippen molar-refractivity contribution in [1.29, 1.82) is 0 Å². The highest BCUT2D eigenvalue weighted by molar-refractivity contribution is 5.81. The third kappa shape index (κ3) is 2.71. The van der Waals surface area contributed by atoms with Gasteiger partial charge in [-0.3, -0.25) is 4.79 Å². The fourth-order valence-electron chi connectivity index (χ4n) is 1.99. The molecule has 0 aromatic rings. The second-order valence-electron chi connectivity index (χ2n) is 6.27. The molecule has 1 heterocycles. The summed E-state index contributed by atoms with van der Waals surface area (Å²) in [6.45, 7) is 11.2. The largest absolute Gasteiger partial charge is 0.392 e. The van der Waals surface area contributed by atoms with Crippen LogP contribution in [-0.4, -0.2) is 35.1 Å². The summed E-state index contributed by atoms with van der Waals surface area (Å²) < 4.78 is 0. The molecule has 0 bridgehead atoms. The lowest BCUT2D eigenvalue weighted by molar-refractivity contribution is -0.146. The highest BCUT2D eigenvalue weighted by Gasteiger charge is 2.38. The molecule has 3 heteroatoms. The predicted octanol–water partition coefficient (Wildman–Crippen LogP) is 1.65. The fraction of sp³-hybridized carbons (Fsp3) is 0.917. The maximum atomic E-state index is 12.1. The molecule has 3 nitrogen and oxygen atoms in total. The Kier molecular flexibility index (Phi) is 3.15. The van der Waals surface area contributed by atoms with Crippen molar-refractivity contribution in [3.63, 3.8) is 0 Å². The number of carbonyl (C=O) groups excluding carboxylic acids is 1. The van der Waals surface area contributed by atoms with Crippen molar-refractivity contribution in [2.45, 2.75) is 47.1 Å². The van der Waals surface area contributed by atoms with E-state index in [9.17, 15) is 9.90 Å². The average Bonchev–Trinajstić information content (AvgIpc) is 2.07. The quantitative estimate of drug-likeness (QED) is 0.664. The molecule has 0 saturated carbocycles. The molecular formula is C12H23NO2. The van der Waals surface area contributed by atoms with Gasteiger partial charge in [-0.05, 0) is 6.42 Å². The van der Waals surface area contributed by atoms with Crippen LogP contribution in [0.4, 0.5) is 0 Å². The van der Waals surface area contributed by atoms with Crippen molar-refractivity contribution in [3.05, 3.63) is 0 Å². The number of rotatable bonds is 0. The van der Waals surface area contributed by atoms with Crippen molar-refractivity contribution in [2.24, 2.45) is 10.8 Å². The van der Waals surface area contributed by atoms with Crippen LogP contribution in [0.5, 0.6) is 0 Å². The van der Waals surface area contributed by atoms with Gasteiger partial charge in [-0.2, -0.15) is 0 Å². The Bertz CT molecular complexity index is 253. The number of amides is 1. The average molecular weight is 213 g/mol. The molecule has 1 unspecified atom stereocenters. The van der Waals surface area contributed by atoms with Gasteiger partial charge in [-0.15, -0.1) is 0 Å². The molecule has 88 valence electrons. The number of hydrogen-bond acceptors (Lipinski definition) is 2. The van der Waals surface area contributed by atoms with Crippen LogP contribution in [0.1, 0.15) is 41.0 Å². The molecule has 1 saturated heterocycles. The third-order valence-corrected chi connectivity index (χ3v) is 3.10. The zero-order valence-electron chi connectivity index (χ0n) is 10.5. The summed E-state index contributed by atoms with van der Waals surface area (Å²) in [5, 5.41) is 9.80. The standard InChI is InChI=1S/C12H23NO2/c1-11(2,3)10(15)13-7-6-9(14)12(4,5)8-13/h9,14H,6-8H2,1-5H3. The number of likely N-dealkylation sites (tertiary alicyclic amines) is 1. The van der Waals surface area contributed by atoms with Crippen LogP contribution in [0, 0.1) is 10.8 Å². The summed E-state index contributed by atoms with van der Waals surface area (Å²) in [4.78, 5) is 13.9. The molecule has 1 aliphatic rings. The first-order valence-corrected chi connectivity index (χ1v) is 5.62. The molecule has 0 aliphatic carbocycles. The SMILES string of the molecule is CC(C)(C)C(=O)N1CCC(O)C(C)(C)C1. The van der Waals surface area contributed by atoms with E-state index in [4.69, 9.17) is 0 Å². The summed E-state index contributed by atoms with van der Waals surface area (Å²) >= 11 is 0. The lowest BCUT2D eigenvalue weighted by Gasteiger charge is -2.43. The molecule has 1 aliphatic heterocycles. The first kappa shape index (κ1) is 12.5. The molecule has 1 atom stereocenters. The number of piperidine rings is 1. The lowest BCUT2D eigenvalue weighted by atomic mass is 9.80. The highest BCUT2D eigenvalue weighted by atomic mass is 16.3. The van der Waals surface area contributed by atoms with E-state index in [1.54, 1.807) is 0 Å². The summed E-state index contributed by atoms with van der Waals surface area (Å²) in [6, 6.07) is 0. The van der Waals surface area contributed by atoms with Gasteiger partial charge in [0.05, 0.1) is 6.10 Å². The summed E-state index contributed by atoms with van der Waals surface area (Å²) in [6.07, 6.45) is 0.399. The van der Waals surface area contributed by atoms with Crippen molar-refractivity contribution in [3.8, 4) is 0 Å². The second kappa shape index (κ2) is 3.78. The monoisotopic (exact) mass is 213 g/mol. The molecule has 0 aromatic carbocycles. The van der Waals surface area contributed by atoms with E-state index in [-0.39, 0.29) is 22.8 Å². The van der Waals surface area contributed by atoms with E-state index >= 15 is 0 Å². The Morgan fingerprint density at radius 2 is 1.93 bits per heavy atom. The molecular weight excluding hydrogens is 190 g/mol. The van der Waals surface area contributed by atoms with Crippen LogP contribution in [0.3, 0.4) is 0 Å². The van der Waals surface area contributed by atoms with Crippen molar-refractivity contribution in [2.75, 3.05) is 13.1 Å². The molecule has 1 fully saturated rings. The zero-order valence-corrected chi connectivity index (χ0v) is 10.5. The maximum absolute atomic E-state index is 12.1. The van der Waals surface area contributed by atoms with Crippen LogP contribution < -0.4 is 0 Å². The van der Waals surface area contributed by atoms with Gasteiger partial charge in [0.15, 0.2) is 0 Å². The Hall–Kier alpha value is -0.570. The first-order chi connectivity index (χ1) is 6.64. The van der Waals surface area contributed by atoms with Gasteiger partial charge in [0.1, 0.15) is 0 Å². The maximum Gasteiger partial charge on any atom is 0.227 e. The first-order valence-electron chi connectivity index (χ1n) is 5.62. The topological polar surface area (TPSA) is 40.5 Å². The number of hydrogen-bond donors (Lipinski definition) is 1. The smallest absolute Gasteiger partial charge is 0.227 e. The van der Waals surface area contributed by atoms with Gasteiger partial charge < -0.3 is 10.0 Å². The van der Waals surface area contributed by atoms with Gasteiger partial charge in [0.2, 0.25) is 5.91 Å². The second-order valence-corrected chi connectivity index (χ2v) is 6.27. The van der Waals surface area contributed by atoms with Crippen LogP contribution >= 0.6 is 0 Å². The Morgan fingerprint density at radius 1 is 1.40 bits per heavy atom. The number of aliphatic hydroxyl groups excluding tert-OH is 1. The fourth-order valence-corrected chi connectivity index (χ4v) is 1.99. The van der Waals surface area contributed by atoms with Crippen LogP contribution in [0.25, 0.3) is 0 Å². The van der Waals surface area contributed by atoms with Gasteiger partial charge in [-0.1, -0.05) is 34.6 Å². The minimum absolute atomic E-state index is 0.181. The van der Waals surface area contributed by atoms with Crippen molar-refractivity contribution >= 4 is 5.91 Å². The van der Waals surface area contributed by atoms with Gasteiger partial charge in [0, 0.05) is 23.9 Å². The molecule has 0 aromatic heterocycles.